The van der Waals surface area contributed by atoms with Crippen LogP contribution in [0.5, 0.6) is 0 Å². The predicted molar refractivity (Wildman–Crippen MR) is 54.3 cm³/mol. The van der Waals surface area contributed by atoms with Gasteiger partial charge >= 0.3 is 0 Å². The van der Waals surface area contributed by atoms with Crippen LogP contribution in [0.15, 0.2) is 11.6 Å². The van der Waals surface area contributed by atoms with E-state index in [1.54, 1.807) is 20.8 Å². The summed E-state index contributed by atoms with van der Waals surface area (Å²) in [4.78, 5) is 24.5. The van der Waals surface area contributed by atoms with Gasteiger partial charge in [-0.2, -0.15) is 5.10 Å². The summed E-state index contributed by atoms with van der Waals surface area (Å²) in [6.45, 7) is 5.17. The zero-order valence-corrected chi connectivity index (χ0v) is 8.79. The highest BCUT2D eigenvalue weighted by Crippen LogP contribution is 2.27. The number of hydrogen-bond donors (Lipinski definition) is 1. The van der Waals surface area contributed by atoms with Gasteiger partial charge in [0.05, 0.1) is 17.1 Å². The fraction of sp³-hybridized carbons (Fsp3) is 0.300. The van der Waals surface area contributed by atoms with Gasteiger partial charge < -0.3 is 0 Å². The lowest BCUT2D eigenvalue weighted by Gasteiger charge is -2.14. The normalized spacial score (nSPS) is 16.2. The molecule has 2 rings (SSSR count). The average molecular weight is 205 g/mol. The van der Waals surface area contributed by atoms with Gasteiger partial charge in [0.25, 0.3) is 11.8 Å². The zero-order chi connectivity index (χ0) is 11.2. The summed E-state index contributed by atoms with van der Waals surface area (Å²) in [6.07, 6.45) is 1.34. The molecule has 1 aromatic rings. The molecule has 0 spiro atoms. The van der Waals surface area contributed by atoms with Crippen LogP contribution in [0.2, 0.25) is 0 Å². The second-order valence-electron chi connectivity index (χ2n) is 3.59. The summed E-state index contributed by atoms with van der Waals surface area (Å²) in [5, 5.41) is 6.71. The molecule has 1 aromatic heterocycles. The van der Waals surface area contributed by atoms with Crippen molar-refractivity contribution in [1.29, 1.82) is 0 Å². The van der Waals surface area contributed by atoms with E-state index in [0.717, 1.165) is 10.6 Å². The lowest BCUT2D eigenvalue weighted by atomic mass is 10.2. The monoisotopic (exact) mass is 205 g/mol. The summed E-state index contributed by atoms with van der Waals surface area (Å²) in [7, 11) is 0. The first kappa shape index (κ1) is 9.64. The van der Waals surface area contributed by atoms with Gasteiger partial charge in [-0.05, 0) is 20.8 Å². The van der Waals surface area contributed by atoms with Crippen molar-refractivity contribution < 1.29 is 9.59 Å². The van der Waals surface area contributed by atoms with Gasteiger partial charge in [0, 0.05) is 11.6 Å². The van der Waals surface area contributed by atoms with Crippen LogP contribution in [-0.4, -0.2) is 22.0 Å². The van der Waals surface area contributed by atoms with Crippen molar-refractivity contribution in [3.8, 4) is 0 Å². The van der Waals surface area contributed by atoms with Crippen LogP contribution in [0.4, 0.5) is 5.69 Å². The number of aromatic amines is 1. The van der Waals surface area contributed by atoms with E-state index in [-0.39, 0.29) is 11.8 Å². The molecule has 0 fully saturated rings. The van der Waals surface area contributed by atoms with Gasteiger partial charge in [0.2, 0.25) is 0 Å². The molecule has 0 saturated heterocycles. The van der Waals surface area contributed by atoms with E-state index in [1.807, 2.05) is 0 Å². The Morgan fingerprint density at radius 3 is 2.33 bits per heavy atom. The van der Waals surface area contributed by atoms with Crippen molar-refractivity contribution in [3.05, 3.63) is 23.0 Å². The average Bonchev–Trinajstić information content (AvgIpc) is 2.59. The number of carbonyl (C=O) groups excluding carboxylic acids is 2. The number of anilines is 1. The molecule has 0 aromatic carbocycles. The summed E-state index contributed by atoms with van der Waals surface area (Å²) >= 11 is 0. The molecule has 5 heteroatoms. The second-order valence-corrected chi connectivity index (χ2v) is 3.59. The SMILES string of the molecule is CC1=CC(=O)N(c2c(C)n[nH]c2C)C1=O. The van der Waals surface area contributed by atoms with Gasteiger partial charge in [0.1, 0.15) is 0 Å². The second kappa shape index (κ2) is 3.05. The van der Waals surface area contributed by atoms with Gasteiger partial charge in [-0.25, -0.2) is 4.90 Å². The molecule has 2 amide bonds. The highest BCUT2D eigenvalue weighted by Gasteiger charge is 2.32. The maximum Gasteiger partial charge on any atom is 0.261 e. The highest BCUT2D eigenvalue weighted by atomic mass is 16.2. The van der Waals surface area contributed by atoms with Crippen molar-refractivity contribution in [3.63, 3.8) is 0 Å². The molecular formula is C10H11N3O2. The number of H-pyrrole nitrogens is 1. The first-order chi connectivity index (χ1) is 7.02. The van der Waals surface area contributed by atoms with Crippen LogP contribution >= 0.6 is 0 Å². The lowest BCUT2D eigenvalue weighted by Crippen LogP contribution is -2.31. The summed E-state index contributed by atoms with van der Waals surface area (Å²) in [5.41, 5.74) is 2.40. The molecule has 2 heterocycles. The number of rotatable bonds is 1. The Morgan fingerprint density at radius 1 is 1.27 bits per heavy atom. The molecule has 5 nitrogen and oxygen atoms in total. The third kappa shape index (κ3) is 1.27. The van der Waals surface area contributed by atoms with Gasteiger partial charge in [0.15, 0.2) is 0 Å². The summed E-state index contributed by atoms with van der Waals surface area (Å²) < 4.78 is 0. The van der Waals surface area contributed by atoms with E-state index in [0.29, 0.717) is 17.0 Å². The molecule has 0 atom stereocenters. The van der Waals surface area contributed by atoms with Crippen LogP contribution in [-0.2, 0) is 9.59 Å². The zero-order valence-electron chi connectivity index (χ0n) is 8.79. The largest absolute Gasteiger partial charge is 0.280 e. The fourth-order valence-electron chi connectivity index (χ4n) is 1.67. The number of aryl methyl sites for hydroxylation is 2. The molecule has 0 unspecified atom stereocenters. The van der Waals surface area contributed by atoms with Gasteiger partial charge in [-0.1, -0.05) is 0 Å². The van der Waals surface area contributed by atoms with Crippen molar-refractivity contribution in [2.45, 2.75) is 20.8 Å². The Hall–Kier alpha value is -1.91. The molecule has 1 aliphatic rings. The smallest absolute Gasteiger partial charge is 0.261 e. The standard InChI is InChI=1S/C10H11N3O2/c1-5-4-8(14)13(10(5)15)9-6(2)11-12-7(9)3/h4H,1-3H3,(H,11,12). The topological polar surface area (TPSA) is 66.1 Å². The Kier molecular flexibility index (Phi) is 1.96. The van der Waals surface area contributed by atoms with E-state index in [1.165, 1.54) is 6.08 Å². The van der Waals surface area contributed by atoms with E-state index in [4.69, 9.17) is 0 Å². The molecule has 1 aliphatic heterocycles. The van der Waals surface area contributed by atoms with Gasteiger partial charge in [-0.15, -0.1) is 0 Å². The molecule has 0 radical (unpaired) electrons. The summed E-state index contributed by atoms with van der Waals surface area (Å²) in [5.74, 6) is -0.572. The van der Waals surface area contributed by atoms with E-state index < -0.39 is 0 Å². The maximum atomic E-state index is 11.7. The molecule has 15 heavy (non-hydrogen) atoms. The molecular weight excluding hydrogens is 194 g/mol. The van der Waals surface area contributed by atoms with Crippen LogP contribution < -0.4 is 4.90 Å². The van der Waals surface area contributed by atoms with Crippen LogP contribution in [0.1, 0.15) is 18.3 Å². The predicted octanol–water partition coefficient (Wildman–Crippen LogP) is 0.846. The third-order valence-corrected chi connectivity index (χ3v) is 2.41. The minimum absolute atomic E-state index is 0.271. The minimum Gasteiger partial charge on any atom is -0.280 e. The molecule has 1 N–H and O–H groups in total. The third-order valence-electron chi connectivity index (χ3n) is 2.41. The van der Waals surface area contributed by atoms with Crippen LogP contribution in [0, 0.1) is 13.8 Å². The summed E-state index contributed by atoms with van der Waals surface area (Å²) in [6, 6.07) is 0. The number of carbonyl (C=O) groups is 2. The number of aromatic nitrogens is 2. The Bertz CT molecular complexity index is 465. The van der Waals surface area contributed by atoms with E-state index in [9.17, 15) is 9.59 Å². The number of amides is 2. The minimum atomic E-state index is -0.301. The van der Waals surface area contributed by atoms with Crippen molar-refractivity contribution >= 4 is 17.5 Å². The van der Waals surface area contributed by atoms with Crippen LogP contribution in [0.3, 0.4) is 0 Å². The number of hydrogen-bond acceptors (Lipinski definition) is 3. The maximum absolute atomic E-state index is 11.7. The molecule has 78 valence electrons. The molecule has 0 saturated carbocycles. The van der Waals surface area contributed by atoms with Crippen molar-refractivity contribution in [2.24, 2.45) is 0 Å². The first-order valence-electron chi connectivity index (χ1n) is 4.60. The quantitative estimate of drug-likeness (QED) is 0.691. The Labute approximate surface area is 86.8 Å². The van der Waals surface area contributed by atoms with Crippen molar-refractivity contribution in [1.82, 2.24) is 10.2 Å². The molecule has 0 aliphatic carbocycles. The number of nitrogens with zero attached hydrogens (tertiary/aromatic N) is 2. The van der Waals surface area contributed by atoms with Gasteiger partial charge in [-0.3, -0.25) is 14.7 Å². The van der Waals surface area contributed by atoms with E-state index in [2.05, 4.69) is 10.2 Å². The highest BCUT2D eigenvalue weighted by molar-refractivity contribution is 6.30. The first-order valence-corrected chi connectivity index (χ1v) is 4.60. The molecule has 0 bridgehead atoms. The lowest BCUT2D eigenvalue weighted by molar-refractivity contribution is -0.120. The van der Waals surface area contributed by atoms with Crippen LogP contribution in [0.25, 0.3) is 0 Å². The Morgan fingerprint density at radius 2 is 1.93 bits per heavy atom. The van der Waals surface area contributed by atoms with E-state index >= 15 is 0 Å². The van der Waals surface area contributed by atoms with Crippen molar-refractivity contribution in [2.75, 3.05) is 4.90 Å². The number of nitrogens with one attached hydrogen (secondary N) is 1. The fourth-order valence-corrected chi connectivity index (χ4v) is 1.67. The number of imide groups is 1. The Balaban J connectivity index is 2.51.